The normalized spacial score (nSPS) is 10.4. The zero-order valence-electron chi connectivity index (χ0n) is 10.7. The van der Waals surface area contributed by atoms with Gasteiger partial charge in [0, 0.05) is 30.8 Å². The van der Waals surface area contributed by atoms with Crippen molar-refractivity contribution < 1.29 is 0 Å². The van der Waals surface area contributed by atoms with Crippen LogP contribution in [-0.4, -0.2) is 14.5 Å². The molecule has 0 bridgehead atoms. The minimum absolute atomic E-state index is 0.488. The average molecular weight is 285 g/mol. The Hall–Kier alpha value is -2.33. The minimum atomic E-state index is 0.488. The third-order valence-corrected chi connectivity index (χ3v) is 3.28. The van der Waals surface area contributed by atoms with Crippen molar-refractivity contribution in [3.63, 3.8) is 0 Å². The van der Waals surface area contributed by atoms with Gasteiger partial charge in [0.25, 0.3) is 0 Å². The molecule has 3 aromatic rings. The van der Waals surface area contributed by atoms with E-state index in [1.54, 1.807) is 18.7 Å². The lowest BCUT2D eigenvalue weighted by Crippen LogP contribution is -2.01. The summed E-state index contributed by atoms with van der Waals surface area (Å²) >= 11 is 6.00. The lowest BCUT2D eigenvalue weighted by atomic mass is 10.2. The highest BCUT2D eigenvalue weighted by molar-refractivity contribution is 6.31. The molecule has 0 saturated heterocycles. The van der Waals surface area contributed by atoms with Gasteiger partial charge in [-0.05, 0) is 29.8 Å². The van der Waals surface area contributed by atoms with E-state index in [1.807, 2.05) is 22.9 Å². The summed E-state index contributed by atoms with van der Waals surface area (Å²) in [5.74, 6) is 0. The Bertz CT molecular complexity index is 677. The second kappa shape index (κ2) is 5.75. The lowest BCUT2D eigenvalue weighted by Gasteiger charge is -2.08. The summed E-state index contributed by atoms with van der Waals surface area (Å²) in [7, 11) is 0. The Balaban J connectivity index is 1.68. The third kappa shape index (κ3) is 2.81. The maximum absolute atomic E-state index is 6.00. The molecule has 4 nitrogen and oxygen atoms in total. The molecule has 1 N–H and O–H groups in total. The van der Waals surface area contributed by atoms with E-state index in [0.29, 0.717) is 11.7 Å². The first-order valence-electron chi connectivity index (χ1n) is 6.24. The topological polar surface area (TPSA) is 42.7 Å². The van der Waals surface area contributed by atoms with Gasteiger partial charge in [0.1, 0.15) is 0 Å². The van der Waals surface area contributed by atoms with Crippen molar-refractivity contribution in [1.29, 1.82) is 0 Å². The fraction of sp³-hybridized carbons (Fsp3) is 0.0667. The predicted octanol–water partition coefficient (Wildman–Crippen LogP) is 3.53. The van der Waals surface area contributed by atoms with Gasteiger partial charge in [0.05, 0.1) is 12.0 Å². The van der Waals surface area contributed by atoms with Gasteiger partial charge in [-0.15, -0.1) is 0 Å². The number of anilines is 1. The second-order valence-corrected chi connectivity index (χ2v) is 4.69. The SMILES string of the molecule is Clc1ncccc1NCc1ccc(-n2ccnc2)cc1. The van der Waals surface area contributed by atoms with E-state index in [4.69, 9.17) is 11.6 Å². The number of nitrogens with one attached hydrogen (secondary N) is 1. The predicted molar refractivity (Wildman–Crippen MR) is 80.1 cm³/mol. The highest BCUT2D eigenvalue weighted by atomic mass is 35.5. The largest absolute Gasteiger partial charge is 0.378 e. The average Bonchev–Trinajstić information content (AvgIpc) is 3.01. The summed E-state index contributed by atoms with van der Waals surface area (Å²) in [4.78, 5) is 8.07. The first-order chi connectivity index (χ1) is 9.83. The molecule has 0 saturated carbocycles. The number of benzene rings is 1. The van der Waals surface area contributed by atoms with Gasteiger partial charge in [-0.3, -0.25) is 0 Å². The van der Waals surface area contributed by atoms with E-state index in [2.05, 4.69) is 39.6 Å². The molecule has 0 aliphatic carbocycles. The number of rotatable bonds is 4. The van der Waals surface area contributed by atoms with E-state index in [0.717, 1.165) is 11.4 Å². The first-order valence-corrected chi connectivity index (χ1v) is 6.62. The maximum atomic E-state index is 6.00. The number of halogens is 1. The van der Waals surface area contributed by atoms with Gasteiger partial charge in [-0.25, -0.2) is 9.97 Å². The van der Waals surface area contributed by atoms with E-state index in [1.165, 1.54) is 5.56 Å². The molecule has 0 amide bonds. The number of imidazole rings is 1. The molecule has 3 rings (SSSR count). The number of aromatic nitrogens is 3. The molecular formula is C15H13ClN4. The summed E-state index contributed by atoms with van der Waals surface area (Å²) in [6, 6.07) is 12.0. The van der Waals surface area contributed by atoms with Gasteiger partial charge in [-0.2, -0.15) is 0 Å². The monoisotopic (exact) mass is 284 g/mol. The van der Waals surface area contributed by atoms with Crippen molar-refractivity contribution in [2.45, 2.75) is 6.54 Å². The lowest BCUT2D eigenvalue weighted by molar-refractivity contribution is 1.05. The Morgan fingerprint density at radius 2 is 1.95 bits per heavy atom. The quantitative estimate of drug-likeness (QED) is 0.745. The molecule has 0 spiro atoms. The Kier molecular flexibility index (Phi) is 3.65. The van der Waals surface area contributed by atoms with Crippen molar-refractivity contribution in [3.8, 4) is 5.69 Å². The summed E-state index contributed by atoms with van der Waals surface area (Å²) in [5, 5.41) is 3.76. The number of nitrogens with zero attached hydrogens (tertiary/aromatic N) is 3. The molecule has 0 fully saturated rings. The van der Waals surface area contributed by atoms with Crippen LogP contribution in [0.3, 0.4) is 0 Å². The molecule has 100 valence electrons. The van der Waals surface area contributed by atoms with Crippen molar-refractivity contribution >= 4 is 17.3 Å². The van der Waals surface area contributed by atoms with Crippen LogP contribution in [-0.2, 0) is 6.54 Å². The molecule has 2 heterocycles. The van der Waals surface area contributed by atoms with E-state index < -0.39 is 0 Å². The molecule has 2 aromatic heterocycles. The van der Waals surface area contributed by atoms with Crippen LogP contribution in [0.4, 0.5) is 5.69 Å². The zero-order valence-corrected chi connectivity index (χ0v) is 11.5. The van der Waals surface area contributed by atoms with E-state index in [9.17, 15) is 0 Å². The molecule has 0 aliphatic heterocycles. The zero-order chi connectivity index (χ0) is 13.8. The van der Waals surface area contributed by atoms with Gasteiger partial charge in [-0.1, -0.05) is 23.7 Å². The van der Waals surface area contributed by atoms with Crippen molar-refractivity contribution in [2.24, 2.45) is 0 Å². The van der Waals surface area contributed by atoms with Gasteiger partial charge >= 0.3 is 0 Å². The number of hydrogen-bond acceptors (Lipinski definition) is 3. The van der Waals surface area contributed by atoms with Crippen LogP contribution >= 0.6 is 11.6 Å². The fourth-order valence-electron chi connectivity index (χ4n) is 1.91. The third-order valence-electron chi connectivity index (χ3n) is 2.98. The van der Waals surface area contributed by atoms with Crippen LogP contribution < -0.4 is 5.32 Å². The molecule has 20 heavy (non-hydrogen) atoms. The Morgan fingerprint density at radius 3 is 2.65 bits per heavy atom. The van der Waals surface area contributed by atoms with Crippen LogP contribution in [0.1, 0.15) is 5.56 Å². The highest BCUT2D eigenvalue weighted by Crippen LogP contribution is 2.18. The number of hydrogen-bond donors (Lipinski definition) is 1. The molecule has 0 aliphatic rings. The molecule has 0 unspecified atom stereocenters. The van der Waals surface area contributed by atoms with Crippen LogP contribution in [0.25, 0.3) is 5.69 Å². The summed E-state index contributed by atoms with van der Waals surface area (Å²) in [6.45, 7) is 0.704. The van der Waals surface area contributed by atoms with Crippen molar-refractivity contribution in [1.82, 2.24) is 14.5 Å². The van der Waals surface area contributed by atoms with Crippen LogP contribution in [0.5, 0.6) is 0 Å². The summed E-state index contributed by atoms with van der Waals surface area (Å²) < 4.78 is 1.97. The molecular weight excluding hydrogens is 272 g/mol. The van der Waals surface area contributed by atoms with E-state index >= 15 is 0 Å². The van der Waals surface area contributed by atoms with Crippen LogP contribution in [0.15, 0.2) is 61.3 Å². The van der Waals surface area contributed by atoms with Gasteiger partial charge in [0.15, 0.2) is 5.15 Å². The van der Waals surface area contributed by atoms with Gasteiger partial charge < -0.3 is 9.88 Å². The van der Waals surface area contributed by atoms with Crippen LogP contribution in [0.2, 0.25) is 5.15 Å². The maximum Gasteiger partial charge on any atom is 0.152 e. The van der Waals surface area contributed by atoms with Gasteiger partial charge in [0.2, 0.25) is 0 Å². The summed E-state index contributed by atoms with van der Waals surface area (Å²) in [6.07, 6.45) is 7.14. The molecule has 0 atom stereocenters. The number of pyridine rings is 1. The standard InChI is InChI=1S/C15H13ClN4/c16-15-14(2-1-7-18-15)19-10-12-3-5-13(6-4-12)20-9-8-17-11-20/h1-9,11,19H,10H2. The second-order valence-electron chi connectivity index (χ2n) is 4.33. The Morgan fingerprint density at radius 1 is 1.10 bits per heavy atom. The molecule has 5 heteroatoms. The van der Waals surface area contributed by atoms with Crippen molar-refractivity contribution in [2.75, 3.05) is 5.32 Å². The van der Waals surface area contributed by atoms with Crippen LogP contribution in [0, 0.1) is 0 Å². The molecule has 1 aromatic carbocycles. The smallest absolute Gasteiger partial charge is 0.152 e. The first kappa shape index (κ1) is 12.7. The fourth-order valence-corrected chi connectivity index (χ4v) is 2.10. The highest BCUT2D eigenvalue weighted by Gasteiger charge is 2.00. The Labute approximate surface area is 122 Å². The summed E-state index contributed by atoms with van der Waals surface area (Å²) in [5.41, 5.74) is 3.10. The van der Waals surface area contributed by atoms with E-state index in [-0.39, 0.29) is 0 Å². The minimum Gasteiger partial charge on any atom is -0.378 e. The van der Waals surface area contributed by atoms with Crippen molar-refractivity contribution in [3.05, 3.63) is 72.0 Å². The molecule has 0 radical (unpaired) electrons.